The molecule has 0 bridgehead atoms. The van der Waals surface area contributed by atoms with Crippen molar-refractivity contribution >= 4 is 29.0 Å². The molecule has 3 N–H and O–H groups in total. The zero-order valence-electron chi connectivity index (χ0n) is 10.4. The summed E-state index contributed by atoms with van der Waals surface area (Å²) in [5.74, 6) is -0.731. The highest BCUT2D eigenvalue weighted by molar-refractivity contribution is 6.33. The Bertz CT molecular complexity index is 689. The molecule has 1 heterocycles. The molecular formula is C13H9ClF3N3O. The normalized spacial score (nSPS) is 11.2. The number of hydrogen-bond acceptors (Lipinski definition) is 3. The van der Waals surface area contributed by atoms with Crippen molar-refractivity contribution in [2.75, 3.05) is 11.1 Å². The third-order valence-electron chi connectivity index (χ3n) is 2.61. The van der Waals surface area contributed by atoms with Crippen molar-refractivity contribution in [1.82, 2.24) is 4.98 Å². The molecule has 0 aliphatic carbocycles. The minimum absolute atomic E-state index is 0.00572. The predicted molar refractivity (Wildman–Crippen MR) is 73.1 cm³/mol. The zero-order chi connectivity index (χ0) is 15.6. The van der Waals surface area contributed by atoms with E-state index >= 15 is 0 Å². The molecule has 1 amide bonds. The summed E-state index contributed by atoms with van der Waals surface area (Å²) in [5, 5.41) is 2.23. The molecule has 0 radical (unpaired) electrons. The fourth-order valence-corrected chi connectivity index (χ4v) is 1.77. The van der Waals surface area contributed by atoms with Gasteiger partial charge in [0, 0.05) is 6.20 Å². The molecule has 8 heteroatoms. The van der Waals surface area contributed by atoms with E-state index in [0.717, 1.165) is 18.3 Å². The fourth-order valence-electron chi connectivity index (χ4n) is 1.61. The van der Waals surface area contributed by atoms with Crippen LogP contribution in [0.5, 0.6) is 0 Å². The maximum absolute atomic E-state index is 12.8. The molecule has 0 fully saturated rings. The number of aromatic nitrogens is 1. The van der Waals surface area contributed by atoms with Gasteiger partial charge in [-0.15, -0.1) is 0 Å². The number of amides is 1. The number of carbonyl (C=O) groups is 1. The number of nitrogens with one attached hydrogen (secondary N) is 1. The molecule has 0 atom stereocenters. The van der Waals surface area contributed by atoms with Crippen LogP contribution in [-0.4, -0.2) is 10.9 Å². The second kappa shape index (κ2) is 5.61. The van der Waals surface area contributed by atoms with Crippen LogP contribution in [0.4, 0.5) is 24.7 Å². The van der Waals surface area contributed by atoms with Crippen LogP contribution in [0.15, 0.2) is 36.5 Å². The summed E-state index contributed by atoms with van der Waals surface area (Å²) in [6.07, 6.45) is -3.44. The maximum Gasteiger partial charge on any atom is 0.418 e. The van der Waals surface area contributed by atoms with Crippen LogP contribution in [0, 0.1) is 0 Å². The third-order valence-corrected chi connectivity index (χ3v) is 2.92. The topological polar surface area (TPSA) is 68.0 Å². The number of nitrogens with zero attached hydrogens (tertiary/aromatic N) is 1. The lowest BCUT2D eigenvalue weighted by Crippen LogP contribution is -2.17. The molecule has 2 rings (SSSR count). The van der Waals surface area contributed by atoms with E-state index in [9.17, 15) is 18.0 Å². The largest absolute Gasteiger partial charge is 0.418 e. The van der Waals surface area contributed by atoms with Gasteiger partial charge in [0.2, 0.25) is 0 Å². The lowest BCUT2D eigenvalue weighted by Gasteiger charge is -2.13. The Labute approximate surface area is 122 Å². The first kappa shape index (κ1) is 15.1. The molecule has 0 unspecified atom stereocenters. The zero-order valence-corrected chi connectivity index (χ0v) is 11.2. The standard InChI is InChI=1S/C13H9ClF3N3O/c14-9-5-7(6-19-11(9)18)12(21)20-10-4-2-1-3-8(10)13(15,16)17/h1-6H,(H2,18,19)(H,20,21). The molecule has 2 aromatic rings. The minimum atomic E-state index is -4.57. The van der Waals surface area contributed by atoms with Crippen molar-refractivity contribution < 1.29 is 18.0 Å². The van der Waals surface area contributed by atoms with Crippen LogP contribution >= 0.6 is 11.6 Å². The van der Waals surface area contributed by atoms with Crippen molar-refractivity contribution in [2.24, 2.45) is 0 Å². The lowest BCUT2D eigenvalue weighted by molar-refractivity contribution is -0.136. The van der Waals surface area contributed by atoms with Gasteiger partial charge in [-0.25, -0.2) is 4.98 Å². The number of halogens is 4. The van der Waals surface area contributed by atoms with Gasteiger partial charge in [-0.05, 0) is 18.2 Å². The molecule has 0 saturated carbocycles. The summed E-state index contributed by atoms with van der Waals surface area (Å²) < 4.78 is 38.5. The van der Waals surface area contributed by atoms with Crippen LogP contribution in [-0.2, 0) is 6.18 Å². The number of hydrogen-bond donors (Lipinski definition) is 2. The maximum atomic E-state index is 12.8. The molecule has 0 aliphatic heterocycles. The first-order chi connectivity index (χ1) is 9.79. The van der Waals surface area contributed by atoms with Crippen molar-refractivity contribution in [3.63, 3.8) is 0 Å². The number of nitrogen functional groups attached to an aromatic ring is 1. The highest BCUT2D eigenvalue weighted by atomic mass is 35.5. The predicted octanol–water partition coefficient (Wildman–Crippen LogP) is 3.59. The third kappa shape index (κ3) is 3.43. The van der Waals surface area contributed by atoms with Gasteiger partial charge in [0.25, 0.3) is 5.91 Å². The summed E-state index contributed by atoms with van der Waals surface area (Å²) in [7, 11) is 0. The van der Waals surface area contributed by atoms with Gasteiger partial charge in [-0.1, -0.05) is 23.7 Å². The number of rotatable bonds is 2. The number of pyridine rings is 1. The average molecular weight is 316 g/mol. The number of carbonyl (C=O) groups excluding carboxylic acids is 1. The Morgan fingerprint density at radius 1 is 1.29 bits per heavy atom. The molecule has 4 nitrogen and oxygen atoms in total. The molecular weight excluding hydrogens is 307 g/mol. The Morgan fingerprint density at radius 2 is 1.95 bits per heavy atom. The molecule has 0 aliphatic rings. The van der Waals surface area contributed by atoms with E-state index in [0.29, 0.717) is 0 Å². The number of alkyl halides is 3. The van der Waals surface area contributed by atoms with Gasteiger partial charge in [-0.2, -0.15) is 13.2 Å². The van der Waals surface area contributed by atoms with Crippen LogP contribution in [0.25, 0.3) is 0 Å². The first-order valence-corrected chi connectivity index (χ1v) is 6.05. The highest BCUT2D eigenvalue weighted by Crippen LogP contribution is 2.34. The van der Waals surface area contributed by atoms with Crippen LogP contribution in [0.3, 0.4) is 0 Å². The molecule has 1 aromatic carbocycles. The molecule has 0 spiro atoms. The van der Waals surface area contributed by atoms with Gasteiger partial charge in [0.05, 0.1) is 21.8 Å². The Hall–Kier alpha value is -2.28. The lowest BCUT2D eigenvalue weighted by atomic mass is 10.1. The van der Waals surface area contributed by atoms with Crippen molar-refractivity contribution in [1.29, 1.82) is 0 Å². The Balaban J connectivity index is 2.30. The van der Waals surface area contributed by atoms with Crippen LogP contribution in [0.2, 0.25) is 5.02 Å². The van der Waals surface area contributed by atoms with Crippen molar-refractivity contribution in [2.45, 2.75) is 6.18 Å². The summed E-state index contributed by atoms with van der Waals surface area (Å²) >= 11 is 5.72. The first-order valence-electron chi connectivity index (χ1n) is 5.67. The summed E-state index contributed by atoms with van der Waals surface area (Å²) in [6.45, 7) is 0. The second-order valence-corrected chi connectivity index (χ2v) is 4.50. The monoisotopic (exact) mass is 315 g/mol. The van der Waals surface area contributed by atoms with Crippen molar-refractivity contribution in [3.05, 3.63) is 52.7 Å². The minimum Gasteiger partial charge on any atom is -0.382 e. The van der Waals surface area contributed by atoms with Gasteiger partial charge >= 0.3 is 6.18 Å². The summed E-state index contributed by atoms with van der Waals surface area (Å²) in [4.78, 5) is 15.6. The van der Waals surface area contributed by atoms with E-state index in [4.69, 9.17) is 17.3 Å². The van der Waals surface area contributed by atoms with Gasteiger partial charge in [-0.3, -0.25) is 4.79 Å². The number of para-hydroxylation sites is 1. The van der Waals surface area contributed by atoms with Gasteiger partial charge < -0.3 is 11.1 Å². The van der Waals surface area contributed by atoms with Gasteiger partial charge in [0.15, 0.2) is 0 Å². The van der Waals surface area contributed by atoms with Crippen molar-refractivity contribution in [3.8, 4) is 0 Å². The van der Waals surface area contributed by atoms with E-state index in [-0.39, 0.29) is 22.1 Å². The second-order valence-electron chi connectivity index (χ2n) is 4.09. The quantitative estimate of drug-likeness (QED) is 0.890. The highest BCUT2D eigenvalue weighted by Gasteiger charge is 2.33. The fraction of sp³-hybridized carbons (Fsp3) is 0.0769. The smallest absolute Gasteiger partial charge is 0.382 e. The van der Waals surface area contributed by atoms with E-state index in [1.54, 1.807) is 0 Å². The molecule has 110 valence electrons. The summed E-state index contributed by atoms with van der Waals surface area (Å²) in [5.41, 5.74) is 4.12. The average Bonchev–Trinajstić information content (AvgIpc) is 2.41. The SMILES string of the molecule is Nc1ncc(C(=O)Nc2ccccc2C(F)(F)F)cc1Cl. The van der Waals surface area contributed by atoms with E-state index in [1.807, 2.05) is 0 Å². The molecule has 0 saturated heterocycles. The molecule has 1 aromatic heterocycles. The van der Waals surface area contributed by atoms with E-state index < -0.39 is 17.6 Å². The Kier molecular flexibility index (Phi) is 4.04. The number of anilines is 2. The Morgan fingerprint density at radius 3 is 2.57 bits per heavy atom. The van der Waals surface area contributed by atoms with Gasteiger partial charge in [0.1, 0.15) is 5.82 Å². The molecule has 21 heavy (non-hydrogen) atoms. The van der Waals surface area contributed by atoms with E-state index in [2.05, 4.69) is 10.3 Å². The number of benzene rings is 1. The summed E-state index contributed by atoms with van der Waals surface area (Å²) in [6, 6.07) is 5.89. The van der Waals surface area contributed by atoms with E-state index in [1.165, 1.54) is 18.2 Å². The number of nitrogens with two attached hydrogens (primary N) is 1. The van der Waals surface area contributed by atoms with Crippen LogP contribution in [0.1, 0.15) is 15.9 Å². The van der Waals surface area contributed by atoms with Crippen LogP contribution < -0.4 is 11.1 Å².